The summed E-state index contributed by atoms with van der Waals surface area (Å²) in [7, 11) is 0. The highest BCUT2D eigenvalue weighted by Gasteiger charge is 2.29. The molecule has 0 radical (unpaired) electrons. The molecule has 2 heterocycles. The van der Waals surface area contributed by atoms with E-state index in [1.807, 2.05) is 0 Å². The normalized spacial score (nSPS) is 16.9. The molecule has 3 aromatic rings. The molecule has 2 aromatic carbocycles. The lowest BCUT2D eigenvalue weighted by Crippen LogP contribution is -2.42. The summed E-state index contributed by atoms with van der Waals surface area (Å²) in [6.45, 7) is 1.02. The summed E-state index contributed by atoms with van der Waals surface area (Å²) in [6.07, 6.45) is 1.59. The van der Waals surface area contributed by atoms with Gasteiger partial charge in [-0.05, 0) is 35.9 Å². The molecule has 28 heavy (non-hydrogen) atoms. The van der Waals surface area contributed by atoms with Gasteiger partial charge < -0.3 is 14.1 Å². The van der Waals surface area contributed by atoms with Crippen LogP contribution in [0.25, 0.3) is 0 Å². The van der Waals surface area contributed by atoms with Gasteiger partial charge in [0.15, 0.2) is 6.10 Å². The monoisotopic (exact) mass is 384 g/mol. The minimum atomic E-state index is -0.492. The van der Waals surface area contributed by atoms with Crippen molar-refractivity contribution in [2.45, 2.75) is 12.5 Å². The van der Waals surface area contributed by atoms with Crippen LogP contribution in [0.1, 0.15) is 33.7 Å². The summed E-state index contributed by atoms with van der Waals surface area (Å²) >= 11 is 0. The number of amides is 1. The van der Waals surface area contributed by atoms with Crippen molar-refractivity contribution < 1.29 is 22.7 Å². The molecule has 0 aliphatic carbocycles. The van der Waals surface area contributed by atoms with Gasteiger partial charge >= 0.3 is 0 Å². The van der Waals surface area contributed by atoms with Gasteiger partial charge in [0.2, 0.25) is 5.89 Å². The van der Waals surface area contributed by atoms with Gasteiger partial charge in [0, 0.05) is 18.5 Å². The van der Waals surface area contributed by atoms with Crippen LogP contribution in [0.2, 0.25) is 0 Å². The second kappa shape index (κ2) is 7.90. The first-order valence-corrected chi connectivity index (χ1v) is 8.94. The highest BCUT2D eigenvalue weighted by atomic mass is 19.1. The number of hydrogen-bond acceptors (Lipinski definition) is 4. The number of oxazole rings is 1. The van der Waals surface area contributed by atoms with E-state index in [2.05, 4.69) is 4.98 Å². The van der Waals surface area contributed by atoms with Crippen molar-refractivity contribution in [1.29, 1.82) is 0 Å². The third-order valence-corrected chi connectivity index (χ3v) is 4.56. The molecule has 1 aliphatic heterocycles. The van der Waals surface area contributed by atoms with Crippen LogP contribution in [0.3, 0.4) is 0 Å². The zero-order valence-electron chi connectivity index (χ0n) is 15.0. The van der Waals surface area contributed by atoms with Crippen molar-refractivity contribution in [2.75, 3.05) is 19.7 Å². The number of halogens is 2. The van der Waals surface area contributed by atoms with Crippen LogP contribution in [0.5, 0.6) is 0 Å². The molecule has 0 spiro atoms. The minimum absolute atomic E-state index is 0.258. The van der Waals surface area contributed by atoms with Crippen molar-refractivity contribution in [3.63, 3.8) is 0 Å². The van der Waals surface area contributed by atoms with E-state index >= 15 is 0 Å². The van der Waals surface area contributed by atoms with Crippen LogP contribution in [0.15, 0.2) is 59.1 Å². The highest BCUT2D eigenvalue weighted by Crippen LogP contribution is 2.24. The smallest absolute Gasteiger partial charge is 0.254 e. The van der Waals surface area contributed by atoms with Crippen molar-refractivity contribution >= 4 is 5.91 Å². The molecule has 0 N–H and O–H groups in total. The average molecular weight is 384 g/mol. The zero-order valence-corrected chi connectivity index (χ0v) is 15.0. The highest BCUT2D eigenvalue weighted by molar-refractivity contribution is 5.94. The number of benzene rings is 2. The lowest BCUT2D eigenvalue weighted by molar-refractivity contribution is -0.0349. The molecule has 4 rings (SSSR count). The standard InChI is InChI=1S/C21H18F2N2O3/c22-16-6-4-14(5-7-16)10-18-12-24-20(28-18)19-13-25(8-9-27-19)21(26)15-2-1-3-17(23)11-15/h1-7,11-12,19H,8-10,13H2/t19-/m0/s1. The maximum Gasteiger partial charge on any atom is 0.254 e. The van der Waals surface area contributed by atoms with Crippen molar-refractivity contribution in [2.24, 2.45) is 0 Å². The molecular formula is C21H18F2N2O3. The SMILES string of the molecule is O=C(c1cccc(F)c1)N1CCO[C@H](c2ncc(Cc3ccc(F)cc3)o2)C1. The molecule has 0 unspecified atom stereocenters. The Labute approximate surface area is 160 Å². The molecule has 1 fully saturated rings. The number of ether oxygens (including phenoxy) is 1. The van der Waals surface area contributed by atoms with E-state index in [1.165, 1.54) is 30.3 Å². The fraction of sp³-hybridized carbons (Fsp3) is 0.238. The quantitative estimate of drug-likeness (QED) is 0.687. The Morgan fingerprint density at radius 1 is 1.14 bits per heavy atom. The molecule has 0 bridgehead atoms. The Balaban J connectivity index is 1.44. The summed E-state index contributed by atoms with van der Waals surface area (Å²) in [5.41, 5.74) is 1.20. The first-order chi connectivity index (χ1) is 13.6. The third-order valence-electron chi connectivity index (χ3n) is 4.56. The lowest BCUT2D eigenvalue weighted by Gasteiger charge is -2.31. The molecule has 1 saturated heterocycles. The zero-order chi connectivity index (χ0) is 19.5. The van der Waals surface area contributed by atoms with Crippen LogP contribution < -0.4 is 0 Å². The second-order valence-corrected chi connectivity index (χ2v) is 6.59. The third kappa shape index (κ3) is 4.09. The van der Waals surface area contributed by atoms with Gasteiger partial charge in [0.1, 0.15) is 17.4 Å². The lowest BCUT2D eigenvalue weighted by atomic mass is 10.1. The Morgan fingerprint density at radius 2 is 1.96 bits per heavy atom. The van der Waals surface area contributed by atoms with Gasteiger partial charge in [-0.2, -0.15) is 0 Å². The number of carbonyl (C=O) groups is 1. The summed E-state index contributed by atoms with van der Waals surface area (Å²) < 4.78 is 37.9. The number of morpholine rings is 1. The van der Waals surface area contributed by atoms with Crippen molar-refractivity contribution in [1.82, 2.24) is 9.88 Å². The Kier molecular flexibility index (Phi) is 5.16. The van der Waals surface area contributed by atoms with Gasteiger partial charge in [-0.15, -0.1) is 0 Å². The van der Waals surface area contributed by atoms with E-state index in [4.69, 9.17) is 9.15 Å². The second-order valence-electron chi connectivity index (χ2n) is 6.59. The van der Waals surface area contributed by atoms with E-state index < -0.39 is 11.9 Å². The fourth-order valence-corrected chi connectivity index (χ4v) is 3.14. The average Bonchev–Trinajstić information content (AvgIpc) is 3.18. The molecule has 1 atom stereocenters. The molecular weight excluding hydrogens is 366 g/mol. The number of rotatable bonds is 4. The molecule has 1 amide bonds. The number of hydrogen-bond donors (Lipinski definition) is 0. The largest absolute Gasteiger partial charge is 0.442 e. The Bertz CT molecular complexity index is 972. The van der Waals surface area contributed by atoms with Gasteiger partial charge in [-0.25, -0.2) is 13.8 Å². The molecule has 0 saturated carbocycles. The maximum atomic E-state index is 13.4. The van der Waals surface area contributed by atoms with Gasteiger partial charge in [-0.3, -0.25) is 4.79 Å². The van der Waals surface area contributed by atoms with Gasteiger partial charge in [0.25, 0.3) is 5.91 Å². The molecule has 5 nitrogen and oxygen atoms in total. The summed E-state index contributed by atoms with van der Waals surface area (Å²) in [5.74, 6) is 0.00741. The van der Waals surface area contributed by atoms with E-state index in [0.29, 0.717) is 36.8 Å². The first-order valence-electron chi connectivity index (χ1n) is 8.94. The van der Waals surface area contributed by atoms with Crippen LogP contribution in [-0.4, -0.2) is 35.5 Å². The summed E-state index contributed by atoms with van der Waals surface area (Å²) in [5, 5.41) is 0. The maximum absolute atomic E-state index is 13.4. The molecule has 144 valence electrons. The van der Waals surface area contributed by atoms with Crippen molar-refractivity contribution in [3.05, 3.63) is 89.1 Å². The summed E-state index contributed by atoms with van der Waals surface area (Å²) in [6, 6.07) is 11.8. The Morgan fingerprint density at radius 3 is 2.75 bits per heavy atom. The number of nitrogens with zero attached hydrogens (tertiary/aromatic N) is 2. The number of aromatic nitrogens is 1. The fourth-order valence-electron chi connectivity index (χ4n) is 3.14. The molecule has 1 aromatic heterocycles. The van der Waals surface area contributed by atoms with E-state index in [0.717, 1.165) is 5.56 Å². The van der Waals surface area contributed by atoms with Crippen LogP contribution in [0, 0.1) is 11.6 Å². The van der Waals surface area contributed by atoms with Gasteiger partial charge in [0.05, 0.1) is 19.3 Å². The van der Waals surface area contributed by atoms with Crippen LogP contribution >= 0.6 is 0 Å². The van der Waals surface area contributed by atoms with Gasteiger partial charge in [-0.1, -0.05) is 18.2 Å². The van der Waals surface area contributed by atoms with E-state index in [1.54, 1.807) is 29.3 Å². The predicted molar refractivity (Wildman–Crippen MR) is 96.7 cm³/mol. The van der Waals surface area contributed by atoms with E-state index in [9.17, 15) is 13.6 Å². The minimum Gasteiger partial charge on any atom is -0.442 e. The van der Waals surface area contributed by atoms with Crippen molar-refractivity contribution in [3.8, 4) is 0 Å². The molecule has 1 aliphatic rings. The summed E-state index contributed by atoms with van der Waals surface area (Å²) in [4.78, 5) is 18.5. The van der Waals surface area contributed by atoms with E-state index in [-0.39, 0.29) is 18.3 Å². The first kappa shape index (κ1) is 18.3. The number of carbonyl (C=O) groups excluding carboxylic acids is 1. The topological polar surface area (TPSA) is 55.6 Å². The van der Waals surface area contributed by atoms with Crippen LogP contribution in [0.4, 0.5) is 8.78 Å². The Hall–Kier alpha value is -3.06. The predicted octanol–water partition coefficient (Wildman–Crippen LogP) is 3.76. The van der Waals surface area contributed by atoms with Crippen LogP contribution in [-0.2, 0) is 11.2 Å². The molecule has 7 heteroatoms.